The first-order valence-corrected chi connectivity index (χ1v) is 8.33. The molecule has 2 N–H and O–H groups in total. The Balaban J connectivity index is 1.86. The Morgan fingerprint density at radius 2 is 1.95 bits per heavy atom. The number of nitrogens with zero attached hydrogens (tertiary/aromatic N) is 1. The number of amides is 1. The van der Waals surface area contributed by atoms with E-state index < -0.39 is 21.7 Å². The summed E-state index contributed by atoms with van der Waals surface area (Å²) in [6.45, 7) is 2.08. The second-order valence-electron chi connectivity index (χ2n) is 4.70. The Morgan fingerprint density at radius 3 is 2.62 bits per heavy atom. The van der Waals surface area contributed by atoms with E-state index in [1.165, 1.54) is 22.5 Å². The van der Waals surface area contributed by atoms with E-state index in [9.17, 15) is 17.6 Å². The van der Waals surface area contributed by atoms with Crippen molar-refractivity contribution in [1.82, 2.24) is 14.9 Å². The van der Waals surface area contributed by atoms with Gasteiger partial charge in [0, 0.05) is 32.7 Å². The van der Waals surface area contributed by atoms with Gasteiger partial charge in [0.25, 0.3) is 5.91 Å². The van der Waals surface area contributed by atoms with Crippen molar-refractivity contribution in [2.45, 2.75) is 0 Å². The van der Waals surface area contributed by atoms with Gasteiger partial charge in [-0.2, -0.15) is 4.31 Å². The van der Waals surface area contributed by atoms with E-state index in [4.69, 9.17) is 0 Å². The van der Waals surface area contributed by atoms with Crippen LogP contribution in [0.1, 0.15) is 10.4 Å². The van der Waals surface area contributed by atoms with Gasteiger partial charge in [-0.3, -0.25) is 4.79 Å². The molecule has 2 rings (SSSR count). The van der Waals surface area contributed by atoms with Gasteiger partial charge in [-0.15, -0.1) is 0 Å². The van der Waals surface area contributed by atoms with Crippen molar-refractivity contribution in [3.63, 3.8) is 0 Å². The largest absolute Gasteiger partial charge is 0.351 e. The van der Waals surface area contributed by atoms with Crippen LogP contribution in [0.25, 0.3) is 0 Å². The van der Waals surface area contributed by atoms with Crippen molar-refractivity contribution < 1.29 is 17.6 Å². The molecule has 0 unspecified atom stereocenters. The number of halogens is 1. The van der Waals surface area contributed by atoms with E-state index >= 15 is 0 Å². The maximum Gasteiger partial charge on any atom is 0.254 e. The summed E-state index contributed by atoms with van der Waals surface area (Å²) >= 11 is 0. The van der Waals surface area contributed by atoms with Crippen LogP contribution in [0.4, 0.5) is 4.39 Å². The van der Waals surface area contributed by atoms with Crippen LogP contribution in [0.15, 0.2) is 24.3 Å². The predicted octanol–water partition coefficient (Wildman–Crippen LogP) is -0.209. The summed E-state index contributed by atoms with van der Waals surface area (Å²) in [7, 11) is -3.39. The predicted molar refractivity (Wildman–Crippen MR) is 77.0 cm³/mol. The van der Waals surface area contributed by atoms with Crippen molar-refractivity contribution >= 4 is 15.9 Å². The van der Waals surface area contributed by atoms with Gasteiger partial charge in [-0.05, 0) is 12.1 Å². The molecule has 1 aliphatic heterocycles. The van der Waals surface area contributed by atoms with Crippen molar-refractivity contribution in [2.75, 3.05) is 38.5 Å². The molecule has 0 aromatic heterocycles. The molecular weight excluding hydrogens is 297 g/mol. The van der Waals surface area contributed by atoms with E-state index in [1.807, 2.05) is 0 Å². The van der Waals surface area contributed by atoms with Gasteiger partial charge in [0.2, 0.25) is 10.0 Å². The molecule has 1 saturated heterocycles. The maximum absolute atomic E-state index is 13.4. The minimum atomic E-state index is -3.39. The third kappa shape index (κ3) is 4.23. The normalized spacial score (nSPS) is 16.6. The molecule has 0 bridgehead atoms. The summed E-state index contributed by atoms with van der Waals surface area (Å²) in [4.78, 5) is 11.8. The number of carbonyl (C=O) groups is 1. The highest BCUT2D eigenvalue weighted by atomic mass is 32.2. The third-order valence-corrected chi connectivity index (χ3v) is 5.11. The quantitative estimate of drug-likeness (QED) is 0.788. The summed E-state index contributed by atoms with van der Waals surface area (Å²) < 4.78 is 38.9. The van der Waals surface area contributed by atoms with Crippen molar-refractivity contribution in [3.05, 3.63) is 35.6 Å². The topological polar surface area (TPSA) is 78.5 Å². The number of carbonyl (C=O) groups excluding carboxylic acids is 1. The van der Waals surface area contributed by atoms with Gasteiger partial charge < -0.3 is 10.6 Å². The molecule has 8 heteroatoms. The van der Waals surface area contributed by atoms with Gasteiger partial charge in [-0.25, -0.2) is 12.8 Å². The smallest absolute Gasteiger partial charge is 0.254 e. The van der Waals surface area contributed by atoms with Gasteiger partial charge >= 0.3 is 0 Å². The summed E-state index contributed by atoms with van der Waals surface area (Å²) in [5, 5.41) is 5.51. The van der Waals surface area contributed by atoms with Crippen LogP contribution in [0.2, 0.25) is 0 Å². The number of hydrogen-bond acceptors (Lipinski definition) is 4. The van der Waals surface area contributed by atoms with Crippen LogP contribution >= 0.6 is 0 Å². The molecule has 1 aliphatic rings. The first kappa shape index (κ1) is 15.9. The van der Waals surface area contributed by atoms with Crippen molar-refractivity contribution in [1.29, 1.82) is 0 Å². The highest BCUT2D eigenvalue weighted by Crippen LogP contribution is 2.06. The van der Waals surface area contributed by atoms with Gasteiger partial charge in [0.1, 0.15) is 5.82 Å². The van der Waals surface area contributed by atoms with E-state index in [2.05, 4.69) is 10.6 Å². The summed E-state index contributed by atoms with van der Waals surface area (Å²) in [5.41, 5.74) is -0.0860. The zero-order chi connectivity index (χ0) is 15.3. The molecule has 0 radical (unpaired) electrons. The number of benzene rings is 1. The van der Waals surface area contributed by atoms with Crippen LogP contribution in [-0.2, 0) is 10.0 Å². The fraction of sp³-hybridized carbons (Fsp3) is 0.462. The molecule has 116 valence electrons. The molecule has 1 fully saturated rings. The summed E-state index contributed by atoms with van der Waals surface area (Å²) in [6, 6.07) is 5.58. The molecule has 6 nitrogen and oxygen atoms in total. The van der Waals surface area contributed by atoms with Gasteiger partial charge in [-0.1, -0.05) is 12.1 Å². The lowest BCUT2D eigenvalue weighted by Crippen LogP contribution is -2.48. The Bertz CT molecular complexity index is 600. The number of piperazine rings is 1. The average molecular weight is 315 g/mol. The van der Waals surface area contributed by atoms with Crippen LogP contribution < -0.4 is 10.6 Å². The summed E-state index contributed by atoms with van der Waals surface area (Å²) in [6.07, 6.45) is 0. The van der Waals surface area contributed by atoms with E-state index in [1.54, 1.807) is 6.07 Å². The second kappa shape index (κ2) is 6.97. The minimum absolute atomic E-state index is 0.0422. The van der Waals surface area contributed by atoms with Crippen LogP contribution in [0.3, 0.4) is 0 Å². The average Bonchev–Trinajstić information content (AvgIpc) is 2.48. The highest BCUT2D eigenvalue weighted by Gasteiger charge is 2.23. The first-order chi connectivity index (χ1) is 10.0. The van der Waals surface area contributed by atoms with Crippen molar-refractivity contribution in [2.24, 2.45) is 0 Å². The molecule has 0 aliphatic carbocycles. The maximum atomic E-state index is 13.4. The minimum Gasteiger partial charge on any atom is -0.351 e. The molecule has 1 aromatic rings. The molecule has 0 atom stereocenters. The van der Waals surface area contributed by atoms with E-state index in [0.29, 0.717) is 26.2 Å². The number of hydrogen-bond donors (Lipinski definition) is 2. The lowest BCUT2D eigenvalue weighted by atomic mass is 10.2. The number of rotatable bonds is 5. The third-order valence-electron chi connectivity index (χ3n) is 3.23. The molecular formula is C13H18FN3O3S. The lowest BCUT2D eigenvalue weighted by Gasteiger charge is -2.26. The monoisotopic (exact) mass is 315 g/mol. The lowest BCUT2D eigenvalue weighted by molar-refractivity contribution is 0.0952. The fourth-order valence-electron chi connectivity index (χ4n) is 2.09. The first-order valence-electron chi connectivity index (χ1n) is 6.72. The fourth-order valence-corrected chi connectivity index (χ4v) is 3.44. The number of sulfonamides is 1. The van der Waals surface area contributed by atoms with Gasteiger partial charge in [0.05, 0.1) is 11.3 Å². The van der Waals surface area contributed by atoms with E-state index in [0.717, 1.165) is 0 Å². The van der Waals surface area contributed by atoms with Crippen molar-refractivity contribution in [3.8, 4) is 0 Å². The molecule has 1 aromatic carbocycles. The standard InChI is InChI=1S/C13H18FN3O3S/c14-12-4-2-1-3-11(12)13(18)16-7-10-21(19,20)17-8-5-15-6-9-17/h1-4,15H,5-10H2,(H,16,18). The Hall–Kier alpha value is -1.51. The highest BCUT2D eigenvalue weighted by molar-refractivity contribution is 7.89. The Labute approximate surface area is 123 Å². The molecule has 1 amide bonds. The number of nitrogens with one attached hydrogen (secondary N) is 2. The van der Waals surface area contributed by atoms with Crippen LogP contribution in [-0.4, -0.2) is 57.1 Å². The Morgan fingerprint density at radius 1 is 1.29 bits per heavy atom. The second-order valence-corrected chi connectivity index (χ2v) is 6.79. The molecule has 0 saturated carbocycles. The van der Waals surface area contributed by atoms with Crippen LogP contribution in [0.5, 0.6) is 0 Å². The zero-order valence-electron chi connectivity index (χ0n) is 11.5. The van der Waals surface area contributed by atoms with Gasteiger partial charge in [0.15, 0.2) is 0 Å². The van der Waals surface area contributed by atoms with E-state index in [-0.39, 0.29) is 17.9 Å². The molecule has 21 heavy (non-hydrogen) atoms. The zero-order valence-corrected chi connectivity index (χ0v) is 12.3. The molecule has 0 spiro atoms. The summed E-state index contributed by atoms with van der Waals surface area (Å²) in [5.74, 6) is -1.42. The Kier molecular flexibility index (Phi) is 5.27. The van der Waals surface area contributed by atoms with Crippen LogP contribution in [0, 0.1) is 5.82 Å². The SMILES string of the molecule is O=C(NCCS(=O)(=O)N1CCNCC1)c1ccccc1F. The molecule has 1 heterocycles.